The Balaban J connectivity index is 2.05. The topological polar surface area (TPSA) is 78.8 Å². The summed E-state index contributed by atoms with van der Waals surface area (Å²) in [6, 6.07) is -0.423. The van der Waals surface area contributed by atoms with Crippen LogP contribution in [0, 0.1) is 5.92 Å². The van der Waals surface area contributed by atoms with E-state index in [9.17, 15) is 4.79 Å². The molecule has 0 radical (unpaired) electrons. The molecular formula is C9H17NO4. The van der Waals surface area contributed by atoms with Gasteiger partial charge in [0.1, 0.15) is 6.04 Å². The summed E-state index contributed by atoms with van der Waals surface area (Å²) in [5.41, 5.74) is 0. The summed E-state index contributed by atoms with van der Waals surface area (Å²) in [5, 5.41) is 20.2. The Morgan fingerprint density at radius 1 is 1.50 bits per heavy atom. The predicted molar refractivity (Wildman–Crippen MR) is 50.1 cm³/mol. The molecule has 0 heterocycles. The zero-order chi connectivity index (χ0) is 10.4. The highest BCUT2D eigenvalue weighted by Crippen LogP contribution is 2.32. The summed E-state index contributed by atoms with van der Waals surface area (Å²) in [7, 11) is 0. The van der Waals surface area contributed by atoms with E-state index in [-0.39, 0.29) is 6.61 Å². The Bertz CT molecular complexity index is 182. The van der Waals surface area contributed by atoms with E-state index in [0.717, 1.165) is 12.8 Å². The minimum Gasteiger partial charge on any atom is -0.480 e. The molecule has 0 aromatic carbocycles. The van der Waals surface area contributed by atoms with Crippen molar-refractivity contribution in [2.75, 3.05) is 26.4 Å². The van der Waals surface area contributed by atoms with Crippen molar-refractivity contribution >= 4 is 5.97 Å². The quantitative estimate of drug-likeness (QED) is 0.461. The number of aliphatic hydroxyl groups excluding tert-OH is 1. The van der Waals surface area contributed by atoms with Gasteiger partial charge >= 0.3 is 5.97 Å². The van der Waals surface area contributed by atoms with Gasteiger partial charge in [0.05, 0.1) is 19.8 Å². The van der Waals surface area contributed by atoms with Crippen LogP contribution in [0.4, 0.5) is 0 Å². The van der Waals surface area contributed by atoms with E-state index in [0.29, 0.717) is 25.7 Å². The number of aliphatic carboxylic acids is 1. The van der Waals surface area contributed by atoms with Crippen molar-refractivity contribution in [1.29, 1.82) is 0 Å². The van der Waals surface area contributed by atoms with Gasteiger partial charge in [0.2, 0.25) is 0 Å². The molecule has 1 saturated carbocycles. The maximum absolute atomic E-state index is 10.8. The van der Waals surface area contributed by atoms with Crippen LogP contribution in [0.2, 0.25) is 0 Å². The van der Waals surface area contributed by atoms with Crippen LogP contribution in [0.3, 0.4) is 0 Å². The van der Waals surface area contributed by atoms with Crippen LogP contribution in [-0.4, -0.2) is 48.6 Å². The van der Waals surface area contributed by atoms with E-state index in [1.807, 2.05) is 0 Å². The largest absolute Gasteiger partial charge is 0.480 e. The second-order valence-electron chi connectivity index (χ2n) is 3.44. The summed E-state index contributed by atoms with van der Waals surface area (Å²) in [4.78, 5) is 10.8. The van der Waals surface area contributed by atoms with Crippen LogP contribution in [-0.2, 0) is 9.53 Å². The number of aliphatic hydroxyl groups is 1. The molecule has 0 bridgehead atoms. The zero-order valence-corrected chi connectivity index (χ0v) is 8.11. The monoisotopic (exact) mass is 203 g/mol. The lowest BCUT2D eigenvalue weighted by Crippen LogP contribution is -2.40. The molecule has 5 heteroatoms. The van der Waals surface area contributed by atoms with Crippen LogP contribution in [0.5, 0.6) is 0 Å². The molecular weight excluding hydrogens is 186 g/mol. The highest BCUT2D eigenvalue weighted by Gasteiger charge is 2.35. The van der Waals surface area contributed by atoms with Crippen molar-refractivity contribution in [3.8, 4) is 0 Å². The Hall–Kier alpha value is -0.650. The first-order chi connectivity index (χ1) is 6.75. The van der Waals surface area contributed by atoms with E-state index < -0.39 is 12.0 Å². The van der Waals surface area contributed by atoms with Crippen LogP contribution in [0.1, 0.15) is 12.8 Å². The predicted octanol–water partition coefficient (Wildman–Crippen LogP) is -0.552. The number of ether oxygens (including phenoxy) is 1. The Morgan fingerprint density at radius 3 is 2.71 bits per heavy atom. The molecule has 3 N–H and O–H groups in total. The van der Waals surface area contributed by atoms with Crippen molar-refractivity contribution in [2.24, 2.45) is 5.92 Å². The van der Waals surface area contributed by atoms with Crippen molar-refractivity contribution in [3.63, 3.8) is 0 Å². The molecule has 1 aliphatic rings. The standard InChI is InChI=1S/C9H17NO4/c11-4-6-14-5-3-10-8(9(12)13)7-1-2-7/h7-8,10-11H,1-6H2,(H,12,13). The van der Waals surface area contributed by atoms with Gasteiger partial charge in [-0.2, -0.15) is 0 Å². The molecule has 14 heavy (non-hydrogen) atoms. The molecule has 1 aliphatic carbocycles. The first-order valence-electron chi connectivity index (χ1n) is 4.90. The van der Waals surface area contributed by atoms with Gasteiger partial charge in [-0.25, -0.2) is 0 Å². The van der Waals surface area contributed by atoms with Crippen LogP contribution in [0.15, 0.2) is 0 Å². The van der Waals surface area contributed by atoms with Gasteiger partial charge in [-0.15, -0.1) is 0 Å². The van der Waals surface area contributed by atoms with Crippen LogP contribution in [0.25, 0.3) is 0 Å². The number of carbonyl (C=O) groups is 1. The molecule has 82 valence electrons. The SMILES string of the molecule is O=C(O)C(NCCOCCO)C1CC1. The zero-order valence-electron chi connectivity index (χ0n) is 8.11. The molecule has 0 aliphatic heterocycles. The number of carboxylic acids is 1. The van der Waals surface area contributed by atoms with Gasteiger partial charge in [-0.05, 0) is 18.8 Å². The fraction of sp³-hybridized carbons (Fsp3) is 0.889. The summed E-state index contributed by atoms with van der Waals surface area (Å²) in [6.45, 7) is 1.28. The molecule has 1 atom stereocenters. The number of nitrogens with one attached hydrogen (secondary N) is 1. The fourth-order valence-corrected chi connectivity index (χ4v) is 1.34. The maximum Gasteiger partial charge on any atom is 0.320 e. The lowest BCUT2D eigenvalue weighted by molar-refractivity contribution is -0.140. The molecule has 1 rings (SSSR count). The Morgan fingerprint density at radius 2 is 2.21 bits per heavy atom. The van der Waals surface area contributed by atoms with Gasteiger partial charge < -0.3 is 20.3 Å². The number of carboxylic acid groups (broad SMARTS) is 1. The molecule has 0 saturated heterocycles. The molecule has 0 aromatic heterocycles. The first kappa shape index (κ1) is 11.4. The van der Waals surface area contributed by atoms with Crippen LogP contribution >= 0.6 is 0 Å². The summed E-state index contributed by atoms with van der Waals surface area (Å²) >= 11 is 0. The molecule has 1 fully saturated rings. The van der Waals surface area contributed by atoms with E-state index in [1.165, 1.54) is 0 Å². The van der Waals surface area contributed by atoms with Crippen molar-refractivity contribution in [2.45, 2.75) is 18.9 Å². The van der Waals surface area contributed by atoms with Gasteiger partial charge in [0, 0.05) is 6.54 Å². The van der Waals surface area contributed by atoms with Crippen molar-refractivity contribution in [1.82, 2.24) is 5.32 Å². The van der Waals surface area contributed by atoms with Gasteiger partial charge in [0.25, 0.3) is 0 Å². The minimum absolute atomic E-state index is 0.00494. The summed E-state index contributed by atoms with van der Waals surface area (Å²) < 4.78 is 5.01. The molecule has 1 unspecified atom stereocenters. The highest BCUT2D eigenvalue weighted by atomic mass is 16.5. The summed E-state index contributed by atoms with van der Waals surface area (Å²) in [5.74, 6) is -0.486. The molecule has 0 aromatic rings. The van der Waals surface area contributed by atoms with Gasteiger partial charge in [0.15, 0.2) is 0 Å². The molecule has 0 amide bonds. The highest BCUT2D eigenvalue weighted by molar-refractivity contribution is 5.74. The summed E-state index contributed by atoms with van der Waals surface area (Å²) in [6.07, 6.45) is 2.00. The second-order valence-corrected chi connectivity index (χ2v) is 3.44. The van der Waals surface area contributed by atoms with Gasteiger partial charge in [-0.3, -0.25) is 4.79 Å². The Kier molecular flexibility index (Phi) is 4.86. The number of hydrogen-bond acceptors (Lipinski definition) is 4. The second kappa shape index (κ2) is 5.95. The van der Waals surface area contributed by atoms with E-state index >= 15 is 0 Å². The van der Waals surface area contributed by atoms with Gasteiger partial charge in [-0.1, -0.05) is 0 Å². The average Bonchev–Trinajstić information content (AvgIpc) is 2.94. The minimum atomic E-state index is -0.783. The lowest BCUT2D eigenvalue weighted by atomic mass is 10.2. The average molecular weight is 203 g/mol. The maximum atomic E-state index is 10.8. The molecule has 5 nitrogen and oxygen atoms in total. The number of rotatable bonds is 8. The number of hydrogen-bond donors (Lipinski definition) is 3. The van der Waals surface area contributed by atoms with Crippen molar-refractivity contribution in [3.05, 3.63) is 0 Å². The van der Waals surface area contributed by atoms with E-state index in [4.69, 9.17) is 14.9 Å². The molecule has 0 spiro atoms. The third kappa shape index (κ3) is 4.04. The van der Waals surface area contributed by atoms with E-state index in [1.54, 1.807) is 0 Å². The van der Waals surface area contributed by atoms with Crippen LogP contribution < -0.4 is 5.32 Å². The lowest BCUT2D eigenvalue weighted by Gasteiger charge is -2.12. The third-order valence-corrected chi connectivity index (χ3v) is 2.21. The normalized spacial score (nSPS) is 18.1. The third-order valence-electron chi connectivity index (χ3n) is 2.21. The first-order valence-corrected chi connectivity index (χ1v) is 4.90. The van der Waals surface area contributed by atoms with E-state index in [2.05, 4.69) is 5.32 Å². The van der Waals surface area contributed by atoms with Crippen molar-refractivity contribution < 1.29 is 19.7 Å². The Labute approximate surface area is 83.1 Å². The fourth-order valence-electron chi connectivity index (χ4n) is 1.34. The smallest absolute Gasteiger partial charge is 0.320 e.